The number of nitrogens with one attached hydrogen (secondary N) is 2. The van der Waals surface area contributed by atoms with Crippen LogP contribution in [0.3, 0.4) is 0 Å². The predicted octanol–water partition coefficient (Wildman–Crippen LogP) is 0.926. The molecule has 0 bridgehead atoms. The summed E-state index contributed by atoms with van der Waals surface area (Å²) in [6, 6.07) is 0.294. The van der Waals surface area contributed by atoms with Crippen molar-refractivity contribution in [2.24, 2.45) is 0 Å². The number of aryl methyl sites for hydroxylation is 1. The van der Waals surface area contributed by atoms with Crippen molar-refractivity contribution in [3.8, 4) is 6.01 Å². The molecule has 2 rings (SSSR count). The first kappa shape index (κ1) is 14.9. The summed E-state index contributed by atoms with van der Waals surface area (Å²) in [5.41, 5.74) is 0. The Morgan fingerprint density at radius 3 is 2.52 bits per heavy atom. The van der Waals surface area contributed by atoms with Gasteiger partial charge >= 0.3 is 6.01 Å². The van der Waals surface area contributed by atoms with Crippen molar-refractivity contribution in [2.45, 2.75) is 33.9 Å². The number of ether oxygens (including phenoxy) is 1. The number of hydrogen-bond donors (Lipinski definition) is 2. The van der Waals surface area contributed by atoms with Crippen molar-refractivity contribution in [3.63, 3.8) is 0 Å². The Hall–Kier alpha value is -2.45. The van der Waals surface area contributed by atoms with Crippen molar-refractivity contribution in [1.29, 1.82) is 0 Å². The number of hydrogen-bond acceptors (Lipinski definition) is 8. The van der Waals surface area contributed by atoms with E-state index >= 15 is 0 Å². The SMILES string of the molecule is CCNc1nc(NCc2nncn2CC)nc(OCC)n1. The largest absolute Gasteiger partial charge is 0.464 e. The Bertz CT molecular complexity index is 546. The van der Waals surface area contributed by atoms with E-state index in [2.05, 4.69) is 35.8 Å². The molecule has 21 heavy (non-hydrogen) atoms. The molecular weight excluding hydrogens is 272 g/mol. The van der Waals surface area contributed by atoms with Crippen LogP contribution in [0.25, 0.3) is 0 Å². The minimum absolute atomic E-state index is 0.294. The lowest BCUT2D eigenvalue weighted by Gasteiger charge is -2.09. The van der Waals surface area contributed by atoms with Gasteiger partial charge in [0.05, 0.1) is 13.2 Å². The van der Waals surface area contributed by atoms with Gasteiger partial charge < -0.3 is 19.9 Å². The molecule has 114 valence electrons. The fraction of sp³-hybridized carbons (Fsp3) is 0.583. The Labute approximate surface area is 123 Å². The fourth-order valence-corrected chi connectivity index (χ4v) is 1.70. The Balaban J connectivity index is 2.10. The molecule has 0 aromatic carbocycles. The average Bonchev–Trinajstić information content (AvgIpc) is 2.93. The maximum absolute atomic E-state index is 5.34. The van der Waals surface area contributed by atoms with E-state index in [0.29, 0.717) is 31.1 Å². The summed E-state index contributed by atoms with van der Waals surface area (Å²) >= 11 is 0. The van der Waals surface area contributed by atoms with Crippen molar-refractivity contribution in [1.82, 2.24) is 29.7 Å². The number of aromatic nitrogens is 6. The van der Waals surface area contributed by atoms with E-state index in [1.807, 2.05) is 25.3 Å². The van der Waals surface area contributed by atoms with Gasteiger partial charge in [-0.2, -0.15) is 15.0 Å². The highest BCUT2D eigenvalue weighted by Gasteiger charge is 2.08. The van der Waals surface area contributed by atoms with E-state index in [9.17, 15) is 0 Å². The normalized spacial score (nSPS) is 10.4. The lowest BCUT2D eigenvalue weighted by atomic mass is 10.5. The van der Waals surface area contributed by atoms with Gasteiger partial charge in [-0.25, -0.2) is 0 Å². The summed E-state index contributed by atoms with van der Waals surface area (Å²) in [5, 5.41) is 14.1. The van der Waals surface area contributed by atoms with E-state index < -0.39 is 0 Å². The third kappa shape index (κ3) is 4.01. The van der Waals surface area contributed by atoms with Crippen LogP contribution in [0.4, 0.5) is 11.9 Å². The molecule has 0 spiro atoms. The van der Waals surface area contributed by atoms with Crippen LogP contribution in [0, 0.1) is 0 Å². The number of rotatable bonds is 8. The molecule has 0 saturated carbocycles. The first-order valence-electron chi connectivity index (χ1n) is 7.00. The maximum Gasteiger partial charge on any atom is 0.323 e. The smallest absolute Gasteiger partial charge is 0.323 e. The molecule has 0 aliphatic carbocycles. The maximum atomic E-state index is 5.34. The lowest BCUT2D eigenvalue weighted by molar-refractivity contribution is 0.312. The van der Waals surface area contributed by atoms with Gasteiger partial charge in [0, 0.05) is 13.1 Å². The van der Waals surface area contributed by atoms with Gasteiger partial charge in [-0.3, -0.25) is 0 Å². The predicted molar refractivity (Wildman–Crippen MR) is 78.2 cm³/mol. The molecule has 0 saturated heterocycles. The first-order chi connectivity index (χ1) is 10.3. The molecule has 9 nitrogen and oxygen atoms in total. The van der Waals surface area contributed by atoms with E-state index in [-0.39, 0.29) is 0 Å². The molecule has 0 amide bonds. The van der Waals surface area contributed by atoms with Crippen LogP contribution in [0.15, 0.2) is 6.33 Å². The third-order valence-corrected chi connectivity index (χ3v) is 2.66. The highest BCUT2D eigenvalue weighted by molar-refractivity contribution is 5.35. The fourth-order valence-electron chi connectivity index (χ4n) is 1.70. The molecule has 0 unspecified atom stereocenters. The monoisotopic (exact) mass is 292 g/mol. The lowest BCUT2D eigenvalue weighted by Crippen LogP contribution is -2.13. The van der Waals surface area contributed by atoms with Crippen molar-refractivity contribution >= 4 is 11.9 Å². The van der Waals surface area contributed by atoms with Gasteiger partial charge in [-0.1, -0.05) is 0 Å². The molecule has 9 heteroatoms. The van der Waals surface area contributed by atoms with E-state index in [1.54, 1.807) is 6.33 Å². The summed E-state index contributed by atoms with van der Waals surface area (Å²) in [4.78, 5) is 12.6. The van der Waals surface area contributed by atoms with Gasteiger partial charge in [0.1, 0.15) is 6.33 Å². The number of nitrogens with zero attached hydrogens (tertiary/aromatic N) is 6. The highest BCUT2D eigenvalue weighted by Crippen LogP contribution is 2.11. The van der Waals surface area contributed by atoms with Crippen LogP contribution in [0.2, 0.25) is 0 Å². The van der Waals surface area contributed by atoms with E-state index in [0.717, 1.165) is 18.9 Å². The molecule has 0 aliphatic rings. The standard InChI is InChI=1S/C12H20N8O/c1-4-13-10-16-11(18-12(17-10)21-6-3)14-7-9-19-15-8-20(9)5-2/h8H,4-7H2,1-3H3,(H2,13,14,16,17,18). The van der Waals surface area contributed by atoms with Gasteiger partial charge in [0.15, 0.2) is 5.82 Å². The van der Waals surface area contributed by atoms with Crippen molar-refractivity contribution in [3.05, 3.63) is 12.2 Å². The zero-order valence-corrected chi connectivity index (χ0v) is 12.5. The van der Waals surface area contributed by atoms with Gasteiger partial charge in [-0.05, 0) is 20.8 Å². The number of anilines is 2. The zero-order chi connectivity index (χ0) is 15.1. The molecule has 0 aliphatic heterocycles. The molecule has 2 aromatic heterocycles. The molecular formula is C12H20N8O. The Morgan fingerprint density at radius 1 is 1.10 bits per heavy atom. The van der Waals surface area contributed by atoms with Gasteiger partial charge in [0.2, 0.25) is 11.9 Å². The minimum Gasteiger partial charge on any atom is -0.464 e. The quantitative estimate of drug-likeness (QED) is 0.740. The topological polar surface area (TPSA) is 103 Å². The highest BCUT2D eigenvalue weighted by atomic mass is 16.5. The van der Waals surface area contributed by atoms with Gasteiger partial charge in [0.25, 0.3) is 0 Å². The minimum atomic E-state index is 0.294. The Morgan fingerprint density at radius 2 is 1.86 bits per heavy atom. The van der Waals surface area contributed by atoms with Crippen LogP contribution < -0.4 is 15.4 Å². The molecule has 0 fully saturated rings. The van der Waals surface area contributed by atoms with Crippen LogP contribution in [-0.4, -0.2) is 42.9 Å². The molecule has 0 atom stereocenters. The van der Waals surface area contributed by atoms with Crippen molar-refractivity contribution in [2.75, 3.05) is 23.8 Å². The summed E-state index contributed by atoms with van der Waals surface area (Å²) in [6.45, 7) is 8.40. The van der Waals surface area contributed by atoms with Crippen LogP contribution in [0.5, 0.6) is 6.01 Å². The second kappa shape index (κ2) is 7.36. The molecule has 2 aromatic rings. The third-order valence-electron chi connectivity index (χ3n) is 2.66. The zero-order valence-electron chi connectivity index (χ0n) is 12.5. The van der Waals surface area contributed by atoms with E-state index in [1.165, 1.54) is 0 Å². The second-order valence-corrected chi connectivity index (χ2v) is 4.12. The summed E-state index contributed by atoms with van der Waals surface area (Å²) in [5.74, 6) is 1.74. The first-order valence-corrected chi connectivity index (χ1v) is 7.00. The van der Waals surface area contributed by atoms with Gasteiger partial charge in [-0.15, -0.1) is 10.2 Å². The molecule has 2 N–H and O–H groups in total. The van der Waals surface area contributed by atoms with Crippen LogP contribution >= 0.6 is 0 Å². The Kier molecular flexibility index (Phi) is 5.24. The van der Waals surface area contributed by atoms with E-state index in [4.69, 9.17) is 4.74 Å². The summed E-state index contributed by atoms with van der Waals surface area (Å²) in [6.07, 6.45) is 1.69. The summed E-state index contributed by atoms with van der Waals surface area (Å²) in [7, 11) is 0. The summed E-state index contributed by atoms with van der Waals surface area (Å²) < 4.78 is 7.29. The average molecular weight is 292 g/mol. The van der Waals surface area contributed by atoms with Crippen LogP contribution in [0.1, 0.15) is 26.6 Å². The molecule has 0 radical (unpaired) electrons. The second-order valence-electron chi connectivity index (χ2n) is 4.12. The van der Waals surface area contributed by atoms with Crippen LogP contribution in [-0.2, 0) is 13.1 Å². The molecule has 2 heterocycles. The van der Waals surface area contributed by atoms with Crippen molar-refractivity contribution < 1.29 is 4.74 Å².